The van der Waals surface area contributed by atoms with Crippen LogP contribution < -0.4 is 20.7 Å². The van der Waals surface area contributed by atoms with Gasteiger partial charge in [-0.1, -0.05) is 54.6 Å². The molecule has 288 valence electrons. The van der Waals surface area contributed by atoms with Gasteiger partial charge in [0.2, 0.25) is 0 Å². The Bertz CT molecular complexity index is 1880. The summed E-state index contributed by atoms with van der Waals surface area (Å²) in [5, 5.41) is 8.34. The number of aromatic nitrogens is 2. The van der Waals surface area contributed by atoms with E-state index in [2.05, 4.69) is 43.4 Å². The van der Waals surface area contributed by atoms with Gasteiger partial charge in [-0.2, -0.15) is 5.26 Å². The molecule has 1 aliphatic heterocycles. The Morgan fingerprint density at radius 3 is 1.93 bits per heavy atom. The molecule has 5 atom stereocenters. The molecule has 0 bridgehead atoms. The van der Waals surface area contributed by atoms with Crippen LogP contribution in [-0.2, 0) is 24.1 Å². The predicted octanol–water partition coefficient (Wildman–Crippen LogP) is 6.85. The van der Waals surface area contributed by atoms with E-state index in [-0.39, 0.29) is 31.7 Å². The maximum Gasteiger partial charge on any atom is 0.329 e. The second-order valence-electron chi connectivity index (χ2n) is 13.2. The number of ether oxygens (including phenoxy) is 4. The number of methoxy groups -OCH3 is 3. The summed E-state index contributed by atoms with van der Waals surface area (Å²) in [5.41, 5.74) is 0.457. The van der Waals surface area contributed by atoms with Crippen molar-refractivity contribution in [2.45, 2.75) is 74.6 Å². The SMILES string of the molecule is COc1ccc(C(OC[C@H]2S[C@@H](n3ccc(=O)[nH]c3=O)[C@H](OC)[C@@H]2OP(OCCC#N)N(C(C)C)C(C)C)(c2ccccc2)c2ccc(OC)cc2)cc1. The van der Waals surface area contributed by atoms with Crippen LogP contribution in [0, 0.1) is 11.3 Å². The van der Waals surface area contributed by atoms with Gasteiger partial charge in [-0.3, -0.25) is 14.3 Å². The number of H-pyrrole nitrogens is 1. The Balaban J connectivity index is 1.64. The summed E-state index contributed by atoms with van der Waals surface area (Å²) < 4.78 is 41.6. The third kappa shape index (κ3) is 9.09. The lowest BCUT2D eigenvalue weighted by atomic mass is 9.80. The summed E-state index contributed by atoms with van der Waals surface area (Å²) in [7, 11) is 3.14. The Morgan fingerprint density at radius 1 is 0.852 bits per heavy atom. The molecule has 14 heteroatoms. The van der Waals surface area contributed by atoms with E-state index in [1.165, 1.54) is 28.6 Å². The standard InChI is InChI=1S/C40H49N4O8PS/c1-27(2)44(28(3)4)53(51-25-11-23-41)52-36-34(54-38(37(36)49-7)43-24-22-35(45)42-39(43)46)26-50-40(29-12-9-8-10-13-29,30-14-18-32(47-5)19-15-30)31-16-20-33(48-6)21-17-31/h8-10,12-22,24,27-28,34,36-38H,11,25-26H2,1-7H3,(H,42,45,46)/t34-,36-,37-,38-,53?/m1/s1. The van der Waals surface area contributed by atoms with E-state index in [4.69, 9.17) is 28.0 Å². The molecular weight excluding hydrogens is 728 g/mol. The van der Waals surface area contributed by atoms with Gasteiger partial charge >= 0.3 is 5.69 Å². The lowest BCUT2D eigenvalue weighted by molar-refractivity contribution is -0.0368. The molecular formula is C40H49N4O8PS. The monoisotopic (exact) mass is 776 g/mol. The molecule has 1 N–H and O–H groups in total. The Labute approximate surface area is 322 Å². The second-order valence-corrected chi connectivity index (χ2v) is 16.0. The predicted molar refractivity (Wildman–Crippen MR) is 211 cm³/mol. The fourth-order valence-electron chi connectivity index (χ4n) is 6.75. The molecule has 3 aromatic carbocycles. The van der Waals surface area contributed by atoms with Gasteiger partial charge in [-0.05, 0) is 68.7 Å². The molecule has 0 amide bonds. The summed E-state index contributed by atoms with van der Waals surface area (Å²) in [6, 6.07) is 29.2. The summed E-state index contributed by atoms with van der Waals surface area (Å²) in [6.45, 7) is 8.62. The number of nitriles is 1. The number of benzene rings is 3. The van der Waals surface area contributed by atoms with E-state index < -0.39 is 48.2 Å². The van der Waals surface area contributed by atoms with Crippen LogP contribution in [0.25, 0.3) is 0 Å². The minimum Gasteiger partial charge on any atom is -0.497 e. The molecule has 4 aromatic rings. The van der Waals surface area contributed by atoms with Crippen LogP contribution >= 0.6 is 20.3 Å². The molecule has 1 fully saturated rings. The average molecular weight is 777 g/mol. The molecule has 0 spiro atoms. The first-order chi connectivity index (χ1) is 26.1. The third-order valence-electron chi connectivity index (χ3n) is 9.19. The van der Waals surface area contributed by atoms with Crippen molar-refractivity contribution in [3.05, 3.63) is 129 Å². The lowest BCUT2D eigenvalue weighted by Gasteiger charge is -2.39. The highest BCUT2D eigenvalue weighted by molar-refractivity contribution is 8.00. The van der Waals surface area contributed by atoms with Crippen LogP contribution in [0.2, 0.25) is 0 Å². The molecule has 1 saturated heterocycles. The number of hydrogen-bond acceptors (Lipinski definition) is 11. The smallest absolute Gasteiger partial charge is 0.329 e. The zero-order chi connectivity index (χ0) is 38.8. The van der Waals surface area contributed by atoms with Gasteiger partial charge in [0.05, 0.1) is 45.2 Å². The maximum atomic E-state index is 13.2. The van der Waals surface area contributed by atoms with Crippen LogP contribution in [0.5, 0.6) is 11.5 Å². The molecule has 5 rings (SSSR count). The fourth-order valence-corrected chi connectivity index (χ4v) is 10.2. The minimum absolute atomic E-state index is 0.0523. The van der Waals surface area contributed by atoms with Crippen molar-refractivity contribution in [2.24, 2.45) is 0 Å². The zero-order valence-corrected chi connectivity index (χ0v) is 33.4. The van der Waals surface area contributed by atoms with Gasteiger partial charge in [0, 0.05) is 31.5 Å². The van der Waals surface area contributed by atoms with Gasteiger partial charge in [-0.25, -0.2) is 9.46 Å². The highest BCUT2D eigenvalue weighted by Gasteiger charge is 2.50. The molecule has 1 aliphatic rings. The Hall–Kier alpha value is -3.99. The lowest BCUT2D eigenvalue weighted by Crippen LogP contribution is -2.43. The van der Waals surface area contributed by atoms with Crippen LogP contribution in [0.1, 0.15) is 56.2 Å². The molecule has 12 nitrogen and oxygen atoms in total. The summed E-state index contributed by atoms with van der Waals surface area (Å²) >= 11 is 1.47. The van der Waals surface area contributed by atoms with E-state index in [1.54, 1.807) is 21.3 Å². The summed E-state index contributed by atoms with van der Waals surface area (Å²) in [5.74, 6) is 1.41. The van der Waals surface area contributed by atoms with Crippen molar-refractivity contribution in [3.63, 3.8) is 0 Å². The molecule has 1 aromatic heterocycles. The zero-order valence-electron chi connectivity index (χ0n) is 31.7. The highest BCUT2D eigenvalue weighted by atomic mass is 32.2. The van der Waals surface area contributed by atoms with Crippen molar-refractivity contribution in [2.75, 3.05) is 34.5 Å². The molecule has 0 radical (unpaired) electrons. The molecule has 0 aliphatic carbocycles. The topological polar surface area (TPSA) is 137 Å². The van der Waals surface area contributed by atoms with Gasteiger partial charge in [0.25, 0.3) is 14.1 Å². The third-order valence-corrected chi connectivity index (χ3v) is 12.9. The number of rotatable bonds is 18. The molecule has 0 saturated carbocycles. The van der Waals surface area contributed by atoms with E-state index in [0.29, 0.717) is 11.5 Å². The van der Waals surface area contributed by atoms with Crippen molar-refractivity contribution in [3.8, 4) is 17.6 Å². The summed E-state index contributed by atoms with van der Waals surface area (Å²) in [4.78, 5) is 27.7. The Kier molecular flexibility index (Phi) is 14.5. The van der Waals surface area contributed by atoms with Crippen LogP contribution in [-0.4, -0.2) is 78.3 Å². The number of hydrogen-bond donors (Lipinski definition) is 1. The largest absolute Gasteiger partial charge is 0.497 e. The molecule has 2 heterocycles. The first kappa shape index (κ1) is 41.2. The maximum absolute atomic E-state index is 13.2. The number of nitrogens with one attached hydrogen (secondary N) is 1. The van der Waals surface area contributed by atoms with Crippen LogP contribution in [0.4, 0.5) is 0 Å². The first-order valence-electron chi connectivity index (χ1n) is 17.8. The van der Waals surface area contributed by atoms with Gasteiger partial charge in [-0.15, -0.1) is 11.8 Å². The molecule has 1 unspecified atom stereocenters. The van der Waals surface area contributed by atoms with Crippen molar-refractivity contribution in [1.82, 2.24) is 14.2 Å². The van der Waals surface area contributed by atoms with Crippen molar-refractivity contribution in [1.29, 1.82) is 5.26 Å². The Morgan fingerprint density at radius 2 is 1.43 bits per heavy atom. The number of aromatic amines is 1. The van der Waals surface area contributed by atoms with Gasteiger partial charge in [0.15, 0.2) is 0 Å². The van der Waals surface area contributed by atoms with E-state index in [0.717, 1.165) is 16.7 Å². The number of nitrogens with zero attached hydrogens (tertiary/aromatic N) is 3. The first-order valence-corrected chi connectivity index (χ1v) is 19.9. The molecule has 54 heavy (non-hydrogen) atoms. The van der Waals surface area contributed by atoms with Gasteiger partial charge in [0.1, 0.15) is 34.7 Å². The quantitative estimate of drug-likeness (QED) is 0.0645. The number of thioether (sulfide) groups is 1. The van der Waals surface area contributed by atoms with Gasteiger partial charge < -0.3 is 28.0 Å². The second kappa shape index (κ2) is 19.0. The van der Waals surface area contributed by atoms with E-state index in [1.807, 2.05) is 78.9 Å². The van der Waals surface area contributed by atoms with Crippen molar-refractivity contribution < 1.29 is 28.0 Å². The van der Waals surface area contributed by atoms with E-state index in [9.17, 15) is 14.9 Å². The van der Waals surface area contributed by atoms with E-state index >= 15 is 0 Å². The fraction of sp³-hybridized carbons (Fsp3) is 0.425. The summed E-state index contributed by atoms with van der Waals surface area (Å²) in [6.07, 6.45) is 0.364. The average Bonchev–Trinajstić information content (AvgIpc) is 3.51. The van der Waals surface area contributed by atoms with Crippen molar-refractivity contribution >= 4 is 20.3 Å². The normalized spacial score (nSPS) is 19.3. The van der Waals surface area contributed by atoms with Crippen LogP contribution in [0.15, 0.2) is 101 Å². The highest BCUT2D eigenvalue weighted by Crippen LogP contribution is 2.54. The minimum atomic E-state index is -1.71. The van der Waals surface area contributed by atoms with Crippen LogP contribution in [0.3, 0.4) is 0 Å².